The van der Waals surface area contributed by atoms with E-state index in [9.17, 15) is 9.59 Å². The van der Waals surface area contributed by atoms with E-state index >= 15 is 0 Å². The molecular formula is C38H36O2. The van der Waals surface area contributed by atoms with Crippen LogP contribution in [-0.4, -0.2) is 11.6 Å². The molecule has 0 amide bonds. The summed E-state index contributed by atoms with van der Waals surface area (Å²) in [6, 6.07) is 24.6. The highest BCUT2D eigenvalue weighted by Crippen LogP contribution is 2.45. The fraction of sp³-hybridized carbons (Fsp3) is 0.211. The monoisotopic (exact) mass is 524 g/mol. The number of carbonyl (C=O) groups is 2. The Labute approximate surface area is 238 Å². The van der Waals surface area contributed by atoms with Gasteiger partial charge in [0.15, 0.2) is 11.6 Å². The Hall–Kier alpha value is -4.30. The Bertz CT molecular complexity index is 1450. The van der Waals surface area contributed by atoms with Crippen molar-refractivity contribution in [3.05, 3.63) is 140 Å². The third-order valence-corrected chi connectivity index (χ3v) is 7.45. The third kappa shape index (κ3) is 5.14. The molecule has 0 bridgehead atoms. The summed E-state index contributed by atoms with van der Waals surface area (Å²) in [5.41, 5.74) is 13.5. The number of ketones is 2. The molecule has 1 aliphatic rings. The van der Waals surface area contributed by atoms with Crippen molar-refractivity contribution in [1.82, 2.24) is 0 Å². The Morgan fingerprint density at radius 1 is 0.275 bits per heavy atom. The molecular weight excluding hydrogens is 488 g/mol. The second kappa shape index (κ2) is 10.4. The molecule has 0 atom stereocenters. The maximum absolute atomic E-state index is 15.0. The molecule has 0 saturated heterocycles. The van der Waals surface area contributed by atoms with Gasteiger partial charge in [0, 0.05) is 22.3 Å². The van der Waals surface area contributed by atoms with Gasteiger partial charge in [-0.1, -0.05) is 117 Å². The summed E-state index contributed by atoms with van der Waals surface area (Å²) in [4.78, 5) is 29.9. The van der Waals surface area contributed by atoms with Gasteiger partial charge in [0.05, 0.1) is 0 Å². The summed E-state index contributed by atoms with van der Waals surface area (Å²) >= 11 is 0. The second-order valence-electron chi connectivity index (χ2n) is 11.7. The van der Waals surface area contributed by atoms with E-state index in [0.717, 1.165) is 66.8 Å². The number of hydrogen-bond donors (Lipinski definition) is 0. The standard InChI is InChI=1S/C38H36O2/c1-21-9-22(2)14-29(13-21)33-34(30-15-23(3)10-24(4)16-30)38(40)36(32-19-27(7)12-28(8)20-32)35(37(33)39)31-17-25(5)11-26(6)18-31/h9-20H,1-8H3. The lowest BCUT2D eigenvalue weighted by atomic mass is 9.73. The Morgan fingerprint density at radius 3 is 0.575 bits per heavy atom. The molecule has 0 spiro atoms. The molecule has 0 fully saturated rings. The normalized spacial score (nSPS) is 13.9. The molecule has 40 heavy (non-hydrogen) atoms. The predicted molar refractivity (Wildman–Crippen MR) is 167 cm³/mol. The second-order valence-corrected chi connectivity index (χ2v) is 11.7. The van der Waals surface area contributed by atoms with Crippen LogP contribution in [0.3, 0.4) is 0 Å². The van der Waals surface area contributed by atoms with E-state index in [1.54, 1.807) is 0 Å². The summed E-state index contributed by atoms with van der Waals surface area (Å²) in [6.45, 7) is 16.3. The summed E-state index contributed by atoms with van der Waals surface area (Å²) in [5, 5.41) is 0. The third-order valence-electron chi connectivity index (χ3n) is 7.45. The lowest BCUT2D eigenvalue weighted by Gasteiger charge is -2.26. The molecule has 0 aromatic heterocycles. The highest BCUT2D eigenvalue weighted by molar-refractivity contribution is 6.66. The summed E-state index contributed by atoms with van der Waals surface area (Å²) in [6.07, 6.45) is 0. The molecule has 0 saturated carbocycles. The van der Waals surface area contributed by atoms with E-state index in [1.807, 2.05) is 104 Å². The minimum atomic E-state index is -0.113. The summed E-state index contributed by atoms with van der Waals surface area (Å²) < 4.78 is 0. The zero-order valence-corrected chi connectivity index (χ0v) is 24.7. The topological polar surface area (TPSA) is 34.1 Å². The Kier molecular flexibility index (Phi) is 7.06. The van der Waals surface area contributed by atoms with Gasteiger partial charge < -0.3 is 0 Å². The lowest BCUT2D eigenvalue weighted by Crippen LogP contribution is -2.22. The van der Waals surface area contributed by atoms with Gasteiger partial charge in [0.1, 0.15) is 0 Å². The van der Waals surface area contributed by atoms with Crippen molar-refractivity contribution in [3.8, 4) is 0 Å². The van der Waals surface area contributed by atoms with E-state index in [2.05, 4.69) is 24.3 Å². The number of allylic oxidation sites excluding steroid dienone is 4. The predicted octanol–water partition coefficient (Wildman–Crippen LogP) is 8.83. The highest BCUT2D eigenvalue weighted by atomic mass is 16.1. The quantitative estimate of drug-likeness (QED) is 0.250. The molecule has 0 unspecified atom stereocenters. The molecule has 0 radical (unpaired) electrons. The van der Waals surface area contributed by atoms with Gasteiger partial charge in [-0.3, -0.25) is 9.59 Å². The summed E-state index contributed by atoms with van der Waals surface area (Å²) in [5.74, 6) is -0.226. The molecule has 0 aliphatic heterocycles. The maximum atomic E-state index is 15.0. The van der Waals surface area contributed by atoms with Crippen LogP contribution in [0.15, 0.2) is 72.8 Å². The van der Waals surface area contributed by atoms with Crippen molar-refractivity contribution >= 4 is 33.9 Å². The van der Waals surface area contributed by atoms with Crippen molar-refractivity contribution in [2.75, 3.05) is 0 Å². The van der Waals surface area contributed by atoms with E-state index in [4.69, 9.17) is 0 Å². The average molecular weight is 525 g/mol. The van der Waals surface area contributed by atoms with Crippen LogP contribution in [0.4, 0.5) is 0 Å². The zero-order chi connectivity index (χ0) is 28.9. The van der Waals surface area contributed by atoms with Crippen molar-refractivity contribution in [3.63, 3.8) is 0 Å². The molecule has 5 rings (SSSR count). The number of carbonyl (C=O) groups excluding carboxylic acids is 2. The van der Waals surface area contributed by atoms with Gasteiger partial charge >= 0.3 is 0 Å². The van der Waals surface area contributed by atoms with E-state index in [1.165, 1.54) is 0 Å². The van der Waals surface area contributed by atoms with E-state index < -0.39 is 0 Å². The van der Waals surface area contributed by atoms with Crippen molar-refractivity contribution in [2.45, 2.75) is 55.4 Å². The van der Waals surface area contributed by atoms with Crippen LogP contribution in [0.2, 0.25) is 0 Å². The minimum Gasteiger partial charge on any atom is -0.289 e. The van der Waals surface area contributed by atoms with Crippen molar-refractivity contribution in [2.24, 2.45) is 0 Å². The van der Waals surface area contributed by atoms with Gasteiger partial charge in [0.25, 0.3) is 0 Å². The molecule has 200 valence electrons. The molecule has 2 heteroatoms. The number of hydrogen-bond acceptors (Lipinski definition) is 2. The van der Waals surface area contributed by atoms with Crippen molar-refractivity contribution in [1.29, 1.82) is 0 Å². The lowest BCUT2D eigenvalue weighted by molar-refractivity contribution is -0.111. The first kappa shape index (κ1) is 27.3. The number of Topliss-reactive ketones (excluding diaryl/α,β-unsaturated/α-hetero) is 2. The molecule has 0 heterocycles. The van der Waals surface area contributed by atoms with Crippen LogP contribution < -0.4 is 0 Å². The van der Waals surface area contributed by atoms with Crippen LogP contribution in [-0.2, 0) is 9.59 Å². The minimum absolute atomic E-state index is 0.113. The average Bonchev–Trinajstić information content (AvgIpc) is 2.82. The van der Waals surface area contributed by atoms with Gasteiger partial charge in [0.2, 0.25) is 0 Å². The smallest absolute Gasteiger partial charge is 0.195 e. The summed E-state index contributed by atoms with van der Waals surface area (Å²) in [7, 11) is 0. The zero-order valence-electron chi connectivity index (χ0n) is 24.7. The van der Waals surface area contributed by atoms with E-state index in [0.29, 0.717) is 22.3 Å². The largest absolute Gasteiger partial charge is 0.289 e. The number of rotatable bonds is 4. The van der Waals surface area contributed by atoms with Crippen LogP contribution in [0.1, 0.15) is 66.8 Å². The van der Waals surface area contributed by atoms with Crippen LogP contribution in [0.5, 0.6) is 0 Å². The Morgan fingerprint density at radius 2 is 0.425 bits per heavy atom. The van der Waals surface area contributed by atoms with Crippen LogP contribution in [0.25, 0.3) is 22.3 Å². The van der Waals surface area contributed by atoms with Crippen molar-refractivity contribution < 1.29 is 9.59 Å². The number of benzene rings is 4. The fourth-order valence-corrected chi connectivity index (χ4v) is 6.28. The molecule has 1 aliphatic carbocycles. The molecule has 0 N–H and O–H groups in total. The van der Waals surface area contributed by atoms with Gasteiger partial charge in [-0.05, 0) is 77.6 Å². The van der Waals surface area contributed by atoms with Crippen LogP contribution >= 0.6 is 0 Å². The SMILES string of the molecule is Cc1cc(C)cc(C2=C(c3cc(C)cc(C)c3)C(=O)C(c3cc(C)cc(C)c3)=C(c3cc(C)cc(C)c3)C2=O)c1. The van der Waals surface area contributed by atoms with Crippen LogP contribution in [0, 0.1) is 55.4 Å². The van der Waals surface area contributed by atoms with Gasteiger partial charge in [-0.2, -0.15) is 0 Å². The molecule has 4 aromatic carbocycles. The highest BCUT2D eigenvalue weighted by Gasteiger charge is 2.37. The number of aryl methyl sites for hydroxylation is 8. The van der Waals surface area contributed by atoms with Gasteiger partial charge in [-0.25, -0.2) is 0 Å². The fourth-order valence-electron chi connectivity index (χ4n) is 6.28. The first-order valence-corrected chi connectivity index (χ1v) is 13.8. The molecule has 4 aromatic rings. The maximum Gasteiger partial charge on any atom is 0.195 e. The first-order chi connectivity index (χ1) is 18.9. The van der Waals surface area contributed by atoms with E-state index in [-0.39, 0.29) is 11.6 Å². The molecule has 2 nitrogen and oxygen atoms in total. The first-order valence-electron chi connectivity index (χ1n) is 13.8. The van der Waals surface area contributed by atoms with Gasteiger partial charge in [-0.15, -0.1) is 0 Å². The Balaban J connectivity index is 1.94.